The summed E-state index contributed by atoms with van der Waals surface area (Å²) in [6, 6.07) is 0.716. The summed E-state index contributed by atoms with van der Waals surface area (Å²) in [7, 11) is 2.13. The van der Waals surface area contributed by atoms with Gasteiger partial charge in [-0.1, -0.05) is 13.3 Å². The lowest BCUT2D eigenvalue weighted by molar-refractivity contribution is 0.0807. The number of hydrogen-bond donors (Lipinski definition) is 2. The van der Waals surface area contributed by atoms with Crippen LogP contribution in [0, 0.1) is 11.8 Å². The molecule has 1 saturated heterocycles. The molecule has 1 aliphatic carbocycles. The summed E-state index contributed by atoms with van der Waals surface area (Å²) in [6.45, 7) is 9.32. The maximum absolute atomic E-state index is 9.00. The molecule has 2 aliphatic rings. The van der Waals surface area contributed by atoms with Crippen LogP contribution in [-0.2, 0) is 0 Å². The van der Waals surface area contributed by atoms with Gasteiger partial charge in [0.2, 0.25) is 0 Å². The van der Waals surface area contributed by atoms with Gasteiger partial charge in [0.15, 0.2) is 0 Å². The first kappa shape index (κ1) is 16.2. The van der Waals surface area contributed by atoms with Crippen LogP contribution in [0.1, 0.15) is 32.6 Å². The number of aliphatic hydroxyl groups is 1. The minimum atomic E-state index is 0.294. The SMILES string of the molecule is CCC1CCC(NC)C(CN2CCN(CCO)CC2)C1. The fourth-order valence-electron chi connectivity index (χ4n) is 3.98. The largest absolute Gasteiger partial charge is 0.395 e. The number of nitrogens with one attached hydrogen (secondary N) is 1. The summed E-state index contributed by atoms with van der Waals surface area (Å²) in [4.78, 5) is 5.02. The molecule has 1 aliphatic heterocycles. The van der Waals surface area contributed by atoms with Gasteiger partial charge in [0, 0.05) is 45.3 Å². The van der Waals surface area contributed by atoms with Crippen LogP contribution in [0.15, 0.2) is 0 Å². The van der Waals surface area contributed by atoms with Crippen LogP contribution < -0.4 is 5.32 Å². The summed E-state index contributed by atoms with van der Waals surface area (Å²) < 4.78 is 0. The zero-order chi connectivity index (χ0) is 14.4. The van der Waals surface area contributed by atoms with Crippen molar-refractivity contribution >= 4 is 0 Å². The first-order chi connectivity index (χ1) is 9.76. The predicted octanol–water partition coefficient (Wildman–Crippen LogP) is 1.01. The number of nitrogens with zero attached hydrogens (tertiary/aromatic N) is 2. The molecule has 2 fully saturated rings. The number of hydrogen-bond acceptors (Lipinski definition) is 4. The third-order valence-electron chi connectivity index (χ3n) is 5.41. The van der Waals surface area contributed by atoms with E-state index in [9.17, 15) is 0 Å². The van der Waals surface area contributed by atoms with E-state index in [4.69, 9.17) is 5.11 Å². The van der Waals surface area contributed by atoms with Crippen molar-refractivity contribution in [2.24, 2.45) is 11.8 Å². The average Bonchev–Trinajstić information content (AvgIpc) is 2.49. The van der Waals surface area contributed by atoms with Gasteiger partial charge in [-0.15, -0.1) is 0 Å². The standard InChI is InChI=1S/C16H33N3O/c1-3-14-4-5-16(17-2)15(12-14)13-19-8-6-18(7-9-19)10-11-20/h14-17,20H,3-13H2,1-2H3. The molecule has 118 valence electrons. The van der Waals surface area contributed by atoms with E-state index in [0.29, 0.717) is 12.6 Å². The van der Waals surface area contributed by atoms with Crippen LogP contribution in [0.5, 0.6) is 0 Å². The summed E-state index contributed by atoms with van der Waals surface area (Å²) in [5.41, 5.74) is 0. The number of β-amino-alcohol motifs (C(OH)–C–C–N with tert-alkyl or cyclic N) is 1. The van der Waals surface area contributed by atoms with Crippen LogP contribution in [0.3, 0.4) is 0 Å². The predicted molar refractivity (Wildman–Crippen MR) is 83.9 cm³/mol. The van der Waals surface area contributed by atoms with E-state index in [1.165, 1.54) is 45.3 Å². The molecule has 0 aromatic rings. The lowest BCUT2D eigenvalue weighted by Crippen LogP contribution is -2.51. The van der Waals surface area contributed by atoms with E-state index in [-0.39, 0.29) is 0 Å². The molecule has 0 aromatic heterocycles. The van der Waals surface area contributed by atoms with E-state index in [2.05, 4.69) is 29.1 Å². The smallest absolute Gasteiger partial charge is 0.0558 e. The second kappa shape index (κ2) is 8.32. The zero-order valence-corrected chi connectivity index (χ0v) is 13.4. The highest BCUT2D eigenvalue weighted by atomic mass is 16.3. The first-order valence-corrected chi connectivity index (χ1v) is 8.49. The molecule has 4 heteroatoms. The monoisotopic (exact) mass is 283 g/mol. The molecular formula is C16H33N3O. The van der Waals surface area contributed by atoms with Crippen LogP contribution >= 0.6 is 0 Å². The van der Waals surface area contributed by atoms with Gasteiger partial charge in [-0.25, -0.2) is 0 Å². The van der Waals surface area contributed by atoms with E-state index in [1.54, 1.807) is 0 Å². The van der Waals surface area contributed by atoms with E-state index < -0.39 is 0 Å². The quantitative estimate of drug-likeness (QED) is 0.763. The average molecular weight is 283 g/mol. The Balaban J connectivity index is 1.79. The zero-order valence-electron chi connectivity index (χ0n) is 13.4. The van der Waals surface area contributed by atoms with Gasteiger partial charge in [0.05, 0.1) is 6.61 Å². The summed E-state index contributed by atoms with van der Waals surface area (Å²) >= 11 is 0. The molecule has 4 nitrogen and oxygen atoms in total. The molecule has 2 rings (SSSR count). The van der Waals surface area contributed by atoms with E-state index in [1.807, 2.05) is 0 Å². The van der Waals surface area contributed by atoms with Gasteiger partial charge in [0.25, 0.3) is 0 Å². The molecule has 2 N–H and O–H groups in total. The highest BCUT2D eigenvalue weighted by Gasteiger charge is 2.30. The van der Waals surface area contributed by atoms with Crippen LogP contribution in [0.25, 0.3) is 0 Å². The molecule has 0 amide bonds. The van der Waals surface area contributed by atoms with Gasteiger partial charge < -0.3 is 15.3 Å². The Bertz CT molecular complexity index is 266. The Labute approximate surface area is 124 Å². The molecule has 0 spiro atoms. The van der Waals surface area contributed by atoms with Crippen molar-refractivity contribution < 1.29 is 5.11 Å². The van der Waals surface area contributed by atoms with Gasteiger partial charge in [0.1, 0.15) is 0 Å². The van der Waals surface area contributed by atoms with Crippen molar-refractivity contribution in [3.8, 4) is 0 Å². The Morgan fingerprint density at radius 2 is 1.80 bits per heavy atom. The molecule has 3 atom stereocenters. The summed E-state index contributed by atoms with van der Waals surface area (Å²) in [5.74, 6) is 1.77. The summed E-state index contributed by atoms with van der Waals surface area (Å²) in [6.07, 6.45) is 5.50. The number of rotatable bonds is 6. The van der Waals surface area contributed by atoms with E-state index in [0.717, 1.165) is 31.5 Å². The molecule has 1 heterocycles. The Hall–Kier alpha value is -0.160. The number of aliphatic hydroxyl groups excluding tert-OH is 1. The van der Waals surface area contributed by atoms with Crippen LogP contribution in [-0.4, -0.2) is 73.9 Å². The van der Waals surface area contributed by atoms with Crippen molar-refractivity contribution in [2.45, 2.75) is 38.6 Å². The van der Waals surface area contributed by atoms with Crippen LogP contribution in [0.4, 0.5) is 0 Å². The van der Waals surface area contributed by atoms with Gasteiger partial charge in [-0.2, -0.15) is 0 Å². The Kier molecular flexibility index (Phi) is 6.75. The normalized spacial score (nSPS) is 33.5. The third kappa shape index (κ3) is 4.42. The van der Waals surface area contributed by atoms with Crippen molar-refractivity contribution in [2.75, 3.05) is 52.9 Å². The van der Waals surface area contributed by atoms with Crippen molar-refractivity contribution in [1.29, 1.82) is 0 Å². The van der Waals surface area contributed by atoms with Gasteiger partial charge in [-0.3, -0.25) is 4.90 Å². The Morgan fingerprint density at radius 1 is 1.10 bits per heavy atom. The lowest BCUT2D eigenvalue weighted by Gasteiger charge is -2.41. The maximum Gasteiger partial charge on any atom is 0.0558 e. The molecular weight excluding hydrogens is 250 g/mol. The maximum atomic E-state index is 9.00. The first-order valence-electron chi connectivity index (χ1n) is 8.49. The van der Waals surface area contributed by atoms with Crippen molar-refractivity contribution in [3.05, 3.63) is 0 Å². The van der Waals surface area contributed by atoms with Crippen LogP contribution in [0.2, 0.25) is 0 Å². The highest BCUT2D eigenvalue weighted by molar-refractivity contribution is 4.86. The second-order valence-electron chi connectivity index (χ2n) is 6.61. The molecule has 0 bridgehead atoms. The topological polar surface area (TPSA) is 38.7 Å². The van der Waals surface area contributed by atoms with E-state index >= 15 is 0 Å². The van der Waals surface area contributed by atoms with Gasteiger partial charge >= 0.3 is 0 Å². The minimum absolute atomic E-state index is 0.294. The highest BCUT2D eigenvalue weighted by Crippen LogP contribution is 2.32. The molecule has 0 aromatic carbocycles. The lowest BCUT2D eigenvalue weighted by atomic mass is 9.76. The fourth-order valence-corrected chi connectivity index (χ4v) is 3.98. The van der Waals surface area contributed by atoms with Crippen molar-refractivity contribution in [3.63, 3.8) is 0 Å². The minimum Gasteiger partial charge on any atom is -0.395 e. The molecule has 1 saturated carbocycles. The fraction of sp³-hybridized carbons (Fsp3) is 1.00. The molecule has 3 unspecified atom stereocenters. The second-order valence-corrected chi connectivity index (χ2v) is 6.61. The Morgan fingerprint density at radius 3 is 2.40 bits per heavy atom. The number of piperazine rings is 1. The van der Waals surface area contributed by atoms with Gasteiger partial charge in [-0.05, 0) is 38.1 Å². The summed E-state index contributed by atoms with van der Waals surface area (Å²) in [5, 5.41) is 12.6. The third-order valence-corrected chi connectivity index (χ3v) is 5.41. The molecule has 20 heavy (non-hydrogen) atoms. The molecule has 0 radical (unpaired) electrons. The van der Waals surface area contributed by atoms with Crippen molar-refractivity contribution in [1.82, 2.24) is 15.1 Å².